The Hall–Kier alpha value is -0.130. The van der Waals surface area contributed by atoms with Gasteiger partial charge in [-0.05, 0) is 24.7 Å². The number of hydrogen-bond acceptors (Lipinski definition) is 3. The minimum atomic E-state index is -3.18. The molecule has 2 N–H and O–H groups in total. The van der Waals surface area contributed by atoms with Crippen LogP contribution < -0.4 is 4.72 Å². The molecule has 1 aliphatic carbocycles. The molecule has 2 unspecified atom stereocenters. The van der Waals surface area contributed by atoms with Gasteiger partial charge in [0.25, 0.3) is 0 Å². The third kappa shape index (κ3) is 4.39. The van der Waals surface area contributed by atoms with Gasteiger partial charge in [-0.15, -0.1) is 0 Å². The molecule has 1 aliphatic rings. The lowest BCUT2D eigenvalue weighted by atomic mass is 9.86. The van der Waals surface area contributed by atoms with Gasteiger partial charge in [-0.1, -0.05) is 26.7 Å². The third-order valence-electron chi connectivity index (χ3n) is 3.03. The van der Waals surface area contributed by atoms with Crippen molar-refractivity contribution in [1.29, 1.82) is 0 Å². The van der Waals surface area contributed by atoms with E-state index in [1.165, 1.54) is 0 Å². The minimum Gasteiger partial charge on any atom is -0.396 e. The molecule has 0 bridgehead atoms. The van der Waals surface area contributed by atoms with Crippen LogP contribution in [0.3, 0.4) is 0 Å². The molecule has 0 spiro atoms. The van der Waals surface area contributed by atoms with E-state index in [1.54, 1.807) is 0 Å². The van der Waals surface area contributed by atoms with Crippen molar-refractivity contribution < 1.29 is 13.5 Å². The van der Waals surface area contributed by atoms with E-state index >= 15 is 0 Å². The average Bonchev–Trinajstić information content (AvgIpc) is 2.15. The first-order valence-corrected chi connectivity index (χ1v) is 7.70. The van der Waals surface area contributed by atoms with Gasteiger partial charge in [-0.2, -0.15) is 0 Å². The van der Waals surface area contributed by atoms with Crippen LogP contribution in [0.25, 0.3) is 0 Å². The molecule has 4 nitrogen and oxygen atoms in total. The Balaban J connectivity index is 2.57. The monoisotopic (exact) mass is 249 g/mol. The molecule has 5 heteroatoms. The molecule has 0 heterocycles. The maximum absolute atomic E-state index is 11.8. The lowest BCUT2D eigenvalue weighted by Crippen LogP contribution is -2.44. The van der Waals surface area contributed by atoms with E-state index in [0.717, 1.165) is 25.7 Å². The average molecular weight is 249 g/mol. The second kappa shape index (κ2) is 5.98. The van der Waals surface area contributed by atoms with Gasteiger partial charge in [0, 0.05) is 12.6 Å². The van der Waals surface area contributed by atoms with E-state index in [-0.39, 0.29) is 30.2 Å². The fourth-order valence-corrected chi connectivity index (χ4v) is 4.04. The molecule has 0 aliphatic heterocycles. The van der Waals surface area contributed by atoms with Crippen molar-refractivity contribution in [3.63, 3.8) is 0 Å². The van der Waals surface area contributed by atoms with Crippen LogP contribution in [0.15, 0.2) is 0 Å². The zero-order valence-electron chi connectivity index (χ0n) is 10.1. The molecule has 0 aromatic heterocycles. The van der Waals surface area contributed by atoms with Crippen molar-refractivity contribution in [2.24, 2.45) is 11.8 Å². The molecule has 0 aromatic carbocycles. The van der Waals surface area contributed by atoms with Gasteiger partial charge in [0.2, 0.25) is 10.0 Å². The highest BCUT2D eigenvalue weighted by molar-refractivity contribution is 7.89. The Morgan fingerprint density at radius 1 is 1.31 bits per heavy atom. The van der Waals surface area contributed by atoms with Gasteiger partial charge in [0.15, 0.2) is 0 Å². The summed E-state index contributed by atoms with van der Waals surface area (Å²) in [6, 6.07) is -0.0671. The van der Waals surface area contributed by atoms with Gasteiger partial charge in [-0.25, -0.2) is 13.1 Å². The zero-order chi connectivity index (χ0) is 12.2. The summed E-state index contributed by atoms with van der Waals surface area (Å²) in [5.74, 6) is 0.395. The van der Waals surface area contributed by atoms with E-state index in [9.17, 15) is 13.5 Å². The topological polar surface area (TPSA) is 66.4 Å². The first-order valence-electron chi connectivity index (χ1n) is 6.05. The van der Waals surface area contributed by atoms with Gasteiger partial charge in [-0.3, -0.25) is 0 Å². The number of rotatable bonds is 5. The Labute approximate surface area is 98.5 Å². The highest BCUT2D eigenvalue weighted by atomic mass is 32.2. The van der Waals surface area contributed by atoms with Gasteiger partial charge in [0.1, 0.15) is 0 Å². The van der Waals surface area contributed by atoms with Gasteiger partial charge >= 0.3 is 0 Å². The lowest BCUT2D eigenvalue weighted by Gasteiger charge is -2.30. The zero-order valence-corrected chi connectivity index (χ0v) is 11.0. The fraction of sp³-hybridized carbons (Fsp3) is 1.00. The minimum absolute atomic E-state index is 0.0671. The normalized spacial score (nSPS) is 27.2. The SMILES string of the molecule is CC(C)CS(=O)(=O)NC1CCCCC1CO. The standard InChI is InChI=1S/C11H23NO3S/c1-9(2)8-16(14,15)12-11-6-4-3-5-10(11)7-13/h9-13H,3-8H2,1-2H3. The van der Waals surface area contributed by atoms with Crippen molar-refractivity contribution in [2.75, 3.05) is 12.4 Å². The predicted octanol–water partition coefficient (Wildman–Crippen LogP) is 1.11. The second-order valence-electron chi connectivity index (χ2n) is 5.13. The van der Waals surface area contributed by atoms with E-state index < -0.39 is 10.0 Å². The van der Waals surface area contributed by atoms with Crippen LogP contribution in [0.5, 0.6) is 0 Å². The summed E-state index contributed by atoms with van der Waals surface area (Å²) in [4.78, 5) is 0. The molecule has 16 heavy (non-hydrogen) atoms. The maximum atomic E-state index is 11.8. The van der Waals surface area contributed by atoms with E-state index in [1.807, 2.05) is 13.8 Å². The Morgan fingerprint density at radius 3 is 2.50 bits per heavy atom. The highest BCUT2D eigenvalue weighted by Crippen LogP contribution is 2.24. The first kappa shape index (κ1) is 13.9. The summed E-state index contributed by atoms with van der Waals surface area (Å²) in [5, 5.41) is 9.21. The quantitative estimate of drug-likeness (QED) is 0.767. The van der Waals surface area contributed by atoms with E-state index in [4.69, 9.17) is 0 Å². The molecule has 1 fully saturated rings. The molecule has 0 aromatic rings. The van der Waals surface area contributed by atoms with Crippen molar-refractivity contribution in [2.45, 2.75) is 45.6 Å². The summed E-state index contributed by atoms with van der Waals surface area (Å²) in [6.07, 6.45) is 3.91. The summed E-state index contributed by atoms with van der Waals surface area (Å²) >= 11 is 0. The van der Waals surface area contributed by atoms with Crippen LogP contribution in [0.4, 0.5) is 0 Å². The second-order valence-corrected chi connectivity index (χ2v) is 6.93. The van der Waals surface area contributed by atoms with E-state index in [0.29, 0.717) is 0 Å². The number of sulfonamides is 1. The molecule has 2 atom stereocenters. The van der Waals surface area contributed by atoms with Crippen molar-refractivity contribution in [3.05, 3.63) is 0 Å². The summed E-state index contributed by atoms with van der Waals surface area (Å²) in [7, 11) is -3.18. The number of aliphatic hydroxyl groups is 1. The molecule has 96 valence electrons. The third-order valence-corrected chi connectivity index (χ3v) is 4.79. The van der Waals surface area contributed by atoms with Crippen LogP contribution in [-0.2, 0) is 10.0 Å². The maximum Gasteiger partial charge on any atom is 0.212 e. The van der Waals surface area contributed by atoms with Crippen LogP contribution in [-0.4, -0.2) is 31.9 Å². The van der Waals surface area contributed by atoms with Crippen LogP contribution in [0.1, 0.15) is 39.5 Å². The molecule has 0 saturated heterocycles. The van der Waals surface area contributed by atoms with Crippen molar-refractivity contribution >= 4 is 10.0 Å². The first-order chi connectivity index (χ1) is 7.44. The molecular formula is C11H23NO3S. The summed E-state index contributed by atoms with van der Waals surface area (Å²) < 4.78 is 26.3. The smallest absolute Gasteiger partial charge is 0.212 e. The van der Waals surface area contributed by atoms with Gasteiger partial charge < -0.3 is 5.11 Å². The number of aliphatic hydroxyl groups excluding tert-OH is 1. The highest BCUT2D eigenvalue weighted by Gasteiger charge is 2.28. The summed E-state index contributed by atoms with van der Waals surface area (Å²) in [5.41, 5.74) is 0. The molecule has 0 amide bonds. The molecule has 0 radical (unpaired) electrons. The Morgan fingerprint density at radius 2 is 1.94 bits per heavy atom. The number of hydrogen-bond donors (Lipinski definition) is 2. The van der Waals surface area contributed by atoms with Crippen molar-refractivity contribution in [3.8, 4) is 0 Å². The largest absolute Gasteiger partial charge is 0.396 e. The van der Waals surface area contributed by atoms with Crippen LogP contribution in [0.2, 0.25) is 0 Å². The summed E-state index contributed by atoms with van der Waals surface area (Å²) in [6.45, 7) is 3.86. The van der Waals surface area contributed by atoms with E-state index in [2.05, 4.69) is 4.72 Å². The molecular weight excluding hydrogens is 226 g/mol. The fourth-order valence-electron chi connectivity index (χ4n) is 2.30. The Kier molecular flexibility index (Phi) is 5.21. The molecule has 1 rings (SSSR count). The van der Waals surface area contributed by atoms with Gasteiger partial charge in [0.05, 0.1) is 5.75 Å². The van der Waals surface area contributed by atoms with Crippen molar-refractivity contribution in [1.82, 2.24) is 4.72 Å². The lowest BCUT2D eigenvalue weighted by molar-refractivity contribution is 0.164. The predicted molar refractivity (Wildman–Crippen MR) is 64.6 cm³/mol. The van der Waals surface area contributed by atoms with Crippen LogP contribution >= 0.6 is 0 Å². The number of nitrogens with one attached hydrogen (secondary N) is 1. The molecule has 1 saturated carbocycles. The Bertz CT molecular complexity index is 300. The van der Waals surface area contributed by atoms with Crippen LogP contribution in [0, 0.1) is 11.8 Å².